The van der Waals surface area contributed by atoms with E-state index in [4.69, 9.17) is 20.8 Å². The molecule has 0 spiro atoms. The van der Waals surface area contributed by atoms with Crippen molar-refractivity contribution in [3.05, 3.63) is 74.6 Å². The van der Waals surface area contributed by atoms with Crippen molar-refractivity contribution in [3.8, 4) is 5.75 Å². The second-order valence-electron chi connectivity index (χ2n) is 6.06. The molecule has 5 heteroatoms. The molecule has 1 aromatic heterocycles. The maximum absolute atomic E-state index is 11.9. The summed E-state index contributed by atoms with van der Waals surface area (Å²) in [5.74, 6) is 0.801. The number of quaternary nitrogens is 1. The van der Waals surface area contributed by atoms with E-state index in [1.807, 2.05) is 32.0 Å². The summed E-state index contributed by atoms with van der Waals surface area (Å²) >= 11 is 5.85. The van der Waals surface area contributed by atoms with Gasteiger partial charge in [0.05, 0.1) is 0 Å². The highest BCUT2D eigenvalue weighted by atomic mass is 35.5. The molecule has 0 unspecified atom stereocenters. The standard InChI is InChI=1S/C20H20ClNO3/c1-13-3-8-18-15(11-19(23)25-20(18)14(13)2)12-22-9-10-24-17-6-4-16(21)5-7-17/h3-8,11,22H,9-10,12H2,1-2H3/p+1. The van der Waals surface area contributed by atoms with Crippen LogP contribution in [0.2, 0.25) is 5.02 Å². The van der Waals surface area contributed by atoms with Crippen molar-refractivity contribution in [2.24, 2.45) is 0 Å². The lowest BCUT2D eigenvalue weighted by Crippen LogP contribution is -2.83. The third-order valence-corrected chi connectivity index (χ3v) is 4.54. The zero-order valence-electron chi connectivity index (χ0n) is 14.3. The first kappa shape index (κ1) is 17.5. The van der Waals surface area contributed by atoms with Gasteiger partial charge in [-0.1, -0.05) is 23.7 Å². The average molecular weight is 359 g/mol. The zero-order valence-corrected chi connectivity index (χ0v) is 15.1. The summed E-state index contributed by atoms with van der Waals surface area (Å²) in [5.41, 5.74) is 3.51. The highest BCUT2D eigenvalue weighted by molar-refractivity contribution is 6.30. The Morgan fingerprint density at radius 1 is 1.12 bits per heavy atom. The van der Waals surface area contributed by atoms with Gasteiger partial charge in [-0.3, -0.25) is 0 Å². The van der Waals surface area contributed by atoms with Crippen molar-refractivity contribution in [2.45, 2.75) is 20.4 Å². The zero-order chi connectivity index (χ0) is 17.8. The maximum Gasteiger partial charge on any atom is 0.336 e. The minimum absolute atomic E-state index is 0.304. The number of rotatable bonds is 6. The van der Waals surface area contributed by atoms with E-state index in [2.05, 4.69) is 11.4 Å². The van der Waals surface area contributed by atoms with E-state index >= 15 is 0 Å². The van der Waals surface area contributed by atoms with E-state index < -0.39 is 0 Å². The lowest BCUT2D eigenvalue weighted by atomic mass is 10.0. The van der Waals surface area contributed by atoms with Crippen molar-refractivity contribution in [1.29, 1.82) is 0 Å². The fraction of sp³-hybridized carbons (Fsp3) is 0.250. The van der Waals surface area contributed by atoms with Crippen molar-refractivity contribution >= 4 is 22.6 Å². The monoisotopic (exact) mass is 358 g/mol. The summed E-state index contributed by atoms with van der Waals surface area (Å²) in [5, 5.41) is 3.82. The van der Waals surface area contributed by atoms with Crippen LogP contribution in [-0.2, 0) is 6.54 Å². The van der Waals surface area contributed by atoms with Crippen LogP contribution in [0.25, 0.3) is 11.0 Å². The molecule has 0 saturated carbocycles. The van der Waals surface area contributed by atoms with Crippen LogP contribution in [0.15, 0.2) is 51.7 Å². The Morgan fingerprint density at radius 3 is 2.64 bits per heavy atom. The Morgan fingerprint density at radius 2 is 1.88 bits per heavy atom. The molecule has 0 aliphatic rings. The van der Waals surface area contributed by atoms with Gasteiger partial charge >= 0.3 is 5.63 Å². The molecule has 0 atom stereocenters. The summed E-state index contributed by atoms with van der Waals surface area (Å²) in [6, 6.07) is 13.0. The quantitative estimate of drug-likeness (QED) is 0.543. The molecule has 0 saturated heterocycles. The molecule has 130 valence electrons. The number of aryl methyl sites for hydroxylation is 2. The van der Waals surface area contributed by atoms with Gasteiger partial charge in [-0.05, 0) is 49.2 Å². The number of benzene rings is 2. The number of ether oxygens (including phenoxy) is 1. The van der Waals surface area contributed by atoms with Crippen LogP contribution in [-0.4, -0.2) is 13.2 Å². The lowest BCUT2D eigenvalue weighted by molar-refractivity contribution is -0.671. The van der Waals surface area contributed by atoms with E-state index in [9.17, 15) is 4.79 Å². The van der Waals surface area contributed by atoms with Gasteiger partial charge in [0, 0.05) is 22.0 Å². The summed E-state index contributed by atoms with van der Waals surface area (Å²) in [6.45, 7) is 6.07. The van der Waals surface area contributed by atoms with Gasteiger partial charge in [0.2, 0.25) is 0 Å². The second kappa shape index (κ2) is 7.72. The molecule has 0 bridgehead atoms. The third kappa shape index (κ3) is 4.21. The summed E-state index contributed by atoms with van der Waals surface area (Å²) in [7, 11) is 0. The molecule has 0 aliphatic carbocycles. The Kier molecular flexibility index (Phi) is 5.41. The van der Waals surface area contributed by atoms with Crippen LogP contribution in [0.5, 0.6) is 5.75 Å². The summed E-state index contributed by atoms with van der Waals surface area (Å²) < 4.78 is 11.1. The predicted molar refractivity (Wildman–Crippen MR) is 99.4 cm³/mol. The molecular formula is C20H21ClNO3+. The Labute approximate surface area is 151 Å². The van der Waals surface area contributed by atoms with Crippen LogP contribution in [0.3, 0.4) is 0 Å². The third-order valence-electron chi connectivity index (χ3n) is 4.29. The van der Waals surface area contributed by atoms with E-state index in [1.165, 1.54) is 0 Å². The van der Waals surface area contributed by atoms with Crippen LogP contribution < -0.4 is 15.7 Å². The maximum atomic E-state index is 11.9. The topological polar surface area (TPSA) is 56.0 Å². The molecule has 0 aliphatic heterocycles. The molecule has 2 aromatic carbocycles. The number of nitrogens with two attached hydrogens (primary N) is 1. The van der Waals surface area contributed by atoms with Gasteiger partial charge in [0.15, 0.2) is 0 Å². The number of fused-ring (bicyclic) bond motifs is 1. The molecule has 3 rings (SSSR count). The Balaban J connectivity index is 1.62. The van der Waals surface area contributed by atoms with E-state index in [0.717, 1.165) is 34.4 Å². The van der Waals surface area contributed by atoms with E-state index in [1.54, 1.807) is 18.2 Å². The number of hydrogen-bond acceptors (Lipinski definition) is 3. The first-order valence-electron chi connectivity index (χ1n) is 8.27. The molecule has 2 N–H and O–H groups in total. The number of hydrogen-bond donors (Lipinski definition) is 1. The Bertz CT molecular complexity index is 932. The molecule has 3 aromatic rings. The van der Waals surface area contributed by atoms with Gasteiger partial charge < -0.3 is 14.5 Å². The highest BCUT2D eigenvalue weighted by Gasteiger charge is 2.10. The average Bonchev–Trinajstić information content (AvgIpc) is 2.60. The predicted octanol–water partition coefficient (Wildman–Crippen LogP) is 3.21. The first-order valence-corrected chi connectivity index (χ1v) is 8.65. The van der Waals surface area contributed by atoms with Gasteiger partial charge in [0.25, 0.3) is 0 Å². The summed E-state index contributed by atoms with van der Waals surface area (Å²) in [6.07, 6.45) is 0. The molecule has 4 nitrogen and oxygen atoms in total. The normalized spacial score (nSPS) is 11.0. The fourth-order valence-corrected chi connectivity index (χ4v) is 2.87. The highest BCUT2D eigenvalue weighted by Crippen LogP contribution is 2.22. The van der Waals surface area contributed by atoms with Crippen LogP contribution in [0, 0.1) is 13.8 Å². The minimum atomic E-state index is -0.304. The molecule has 0 fully saturated rings. The van der Waals surface area contributed by atoms with Gasteiger partial charge in [-0.15, -0.1) is 0 Å². The Hall–Kier alpha value is -2.30. The smallest absolute Gasteiger partial charge is 0.336 e. The molecular weight excluding hydrogens is 338 g/mol. The fourth-order valence-electron chi connectivity index (χ4n) is 2.74. The summed E-state index contributed by atoms with van der Waals surface area (Å²) in [4.78, 5) is 11.9. The molecule has 0 radical (unpaired) electrons. The van der Waals surface area contributed by atoms with Crippen molar-refractivity contribution in [1.82, 2.24) is 0 Å². The van der Waals surface area contributed by atoms with Crippen LogP contribution in [0.4, 0.5) is 0 Å². The minimum Gasteiger partial charge on any atom is -0.488 e. The van der Waals surface area contributed by atoms with E-state index in [0.29, 0.717) is 23.8 Å². The first-order chi connectivity index (χ1) is 12.0. The molecule has 1 heterocycles. The number of halogens is 1. The largest absolute Gasteiger partial charge is 0.488 e. The van der Waals surface area contributed by atoms with Crippen molar-refractivity contribution < 1.29 is 14.5 Å². The van der Waals surface area contributed by atoms with Crippen LogP contribution >= 0.6 is 11.6 Å². The van der Waals surface area contributed by atoms with Crippen molar-refractivity contribution in [2.75, 3.05) is 13.2 Å². The van der Waals surface area contributed by atoms with Gasteiger partial charge in [-0.2, -0.15) is 0 Å². The van der Waals surface area contributed by atoms with Gasteiger partial charge in [0.1, 0.15) is 31.0 Å². The molecule has 25 heavy (non-hydrogen) atoms. The van der Waals surface area contributed by atoms with E-state index in [-0.39, 0.29) is 5.63 Å². The van der Waals surface area contributed by atoms with Crippen molar-refractivity contribution in [3.63, 3.8) is 0 Å². The second-order valence-corrected chi connectivity index (χ2v) is 6.50. The molecule has 0 amide bonds. The lowest BCUT2D eigenvalue weighted by Gasteiger charge is -2.09. The van der Waals surface area contributed by atoms with Gasteiger partial charge in [-0.25, -0.2) is 4.79 Å². The SMILES string of the molecule is Cc1ccc2c(C[NH2+]CCOc3ccc(Cl)cc3)cc(=O)oc2c1C. The van der Waals surface area contributed by atoms with Crippen LogP contribution in [0.1, 0.15) is 16.7 Å².